The number of aliphatic hydroxyl groups excluding tert-OH is 13. The summed E-state index contributed by atoms with van der Waals surface area (Å²) in [5, 5.41) is 134. The van der Waals surface area contributed by atoms with Gasteiger partial charge in [-0.05, 0) is 11.6 Å². The number of fused-ring (bicyclic) bond motifs is 1. The van der Waals surface area contributed by atoms with Gasteiger partial charge in [-0.15, -0.1) is 0 Å². The van der Waals surface area contributed by atoms with Gasteiger partial charge in [0.2, 0.25) is 6.29 Å². The standard InChI is InChI=1S/C27H42O20/c28-4-8-3-12(32)27(1-2-41-23(13(8)27)46-25-21(40)18(37)15(34)10(6-30)43-25)47-26-22(19(38)16(35)11(7-31)44-26)45-24-20(39)17(36)14(33)9(5-29)42-24/h1-3,9-26,28-40H,4-7H2/t9-,10+,11+,12+,13-,14-,15+,16+,17+,18-,19-,20-,21+,22+,23-,24+,25-,26-,27+/m0/s1. The Hall–Kier alpha value is -1.48. The zero-order valence-electron chi connectivity index (χ0n) is 24.6. The maximum Gasteiger partial charge on any atom is 0.211 e. The molecule has 0 bridgehead atoms. The molecule has 20 nitrogen and oxygen atoms in total. The highest BCUT2D eigenvalue weighted by Gasteiger charge is 2.61. The van der Waals surface area contributed by atoms with Crippen LogP contribution in [-0.4, -0.2) is 203 Å². The molecule has 0 spiro atoms. The molecule has 4 aliphatic heterocycles. The van der Waals surface area contributed by atoms with Crippen molar-refractivity contribution in [1.82, 2.24) is 0 Å². The van der Waals surface area contributed by atoms with Crippen molar-refractivity contribution in [2.45, 2.75) is 110 Å². The van der Waals surface area contributed by atoms with Gasteiger partial charge in [-0.2, -0.15) is 0 Å². The van der Waals surface area contributed by atoms with Crippen LogP contribution in [0.5, 0.6) is 0 Å². The Balaban J connectivity index is 1.44. The fraction of sp³-hybridized carbons (Fsp3) is 0.852. The van der Waals surface area contributed by atoms with Crippen LogP contribution in [0.15, 0.2) is 24.0 Å². The predicted molar refractivity (Wildman–Crippen MR) is 144 cm³/mol. The summed E-state index contributed by atoms with van der Waals surface area (Å²) in [5.74, 6) is -1.31. The molecule has 270 valence electrons. The molecule has 5 aliphatic rings. The molecule has 0 saturated carbocycles. The SMILES string of the molecule is OCC1=C[C@@H](O)[C@]2(O[C@@H]3O[C@H](CO)[C@@H](O)[C@H](O)[C@H]3O[C@H]3O[C@@H](CO)[C@H](O)[C@@H](O)[C@@H]3O)C=CO[C@@H](O[C@@H]3O[C@H](CO)[C@@H](O)[C@H](O)[C@H]3O)[C@H]12. The van der Waals surface area contributed by atoms with E-state index < -0.39 is 142 Å². The first-order valence-electron chi connectivity index (χ1n) is 14.9. The molecule has 0 aromatic rings. The number of ether oxygens (including phenoxy) is 7. The highest BCUT2D eigenvalue weighted by molar-refractivity contribution is 5.34. The van der Waals surface area contributed by atoms with E-state index in [1.807, 2.05) is 0 Å². The number of hydrogen-bond donors (Lipinski definition) is 13. The van der Waals surface area contributed by atoms with Crippen molar-refractivity contribution in [2.24, 2.45) is 5.92 Å². The molecule has 3 saturated heterocycles. The molecule has 0 radical (unpaired) electrons. The topological polar surface area (TPSA) is 328 Å². The third-order valence-electron chi connectivity index (χ3n) is 9.12. The molecule has 5 rings (SSSR count). The lowest BCUT2D eigenvalue weighted by Crippen LogP contribution is -2.67. The van der Waals surface area contributed by atoms with Crippen molar-refractivity contribution in [2.75, 3.05) is 26.4 Å². The molecule has 4 heterocycles. The van der Waals surface area contributed by atoms with E-state index in [1.165, 1.54) is 12.2 Å². The minimum atomic E-state index is -2.02. The van der Waals surface area contributed by atoms with Gasteiger partial charge >= 0.3 is 0 Å². The van der Waals surface area contributed by atoms with Gasteiger partial charge in [0, 0.05) is 0 Å². The van der Waals surface area contributed by atoms with Crippen LogP contribution in [0.1, 0.15) is 0 Å². The van der Waals surface area contributed by atoms with Gasteiger partial charge in [0.05, 0.1) is 38.6 Å². The van der Waals surface area contributed by atoms with Crippen molar-refractivity contribution >= 4 is 0 Å². The maximum absolute atomic E-state index is 11.3. The lowest BCUT2D eigenvalue weighted by atomic mass is 9.82. The lowest BCUT2D eigenvalue weighted by molar-refractivity contribution is -0.388. The molecule has 0 unspecified atom stereocenters. The lowest BCUT2D eigenvalue weighted by Gasteiger charge is -2.50. The van der Waals surface area contributed by atoms with Crippen LogP contribution in [-0.2, 0) is 33.2 Å². The first-order valence-corrected chi connectivity index (χ1v) is 14.9. The average molecular weight is 687 g/mol. The summed E-state index contributed by atoms with van der Waals surface area (Å²) in [4.78, 5) is 0. The minimum Gasteiger partial charge on any atom is -0.472 e. The van der Waals surface area contributed by atoms with Crippen LogP contribution in [0, 0.1) is 5.92 Å². The molecule has 0 aromatic heterocycles. The molecular formula is C27H42O20. The summed E-state index contributed by atoms with van der Waals surface area (Å²) < 4.78 is 39.8. The van der Waals surface area contributed by atoms with Crippen LogP contribution in [0.4, 0.5) is 0 Å². The second-order valence-corrected chi connectivity index (χ2v) is 11.9. The Morgan fingerprint density at radius 3 is 1.57 bits per heavy atom. The van der Waals surface area contributed by atoms with E-state index >= 15 is 0 Å². The van der Waals surface area contributed by atoms with Crippen LogP contribution in [0.2, 0.25) is 0 Å². The zero-order chi connectivity index (χ0) is 34.4. The van der Waals surface area contributed by atoms with Crippen LogP contribution in [0.3, 0.4) is 0 Å². The van der Waals surface area contributed by atoms with Gasteiger partial charge in [0.15, 0.2) is 18.9 Å². The summed E-state index contributed by atoms with van der Waals surface area (Å²) in [6.07, 6.45) is -26.0. The monoisotopic (exact) mass is 686 g/mol. The van der Waals surface area contributed by atoms with Crippen molar-refractivity contribution in [3.8, 4) is 0 Å². The summed E-state index contributed by atoms with van der Waals surface area (Å²) in [6, 6.07) is 0. The highest BCUT2D eigenvalue weighted by atomic mass is 16.8. The van der Waals surface area contributed by atoms with Crippen LogP contribution < -0.4 is 0 Å². The van der Waals surface area contributed by atoms with Gasteiger partial charge in [0.1, 0.15) is 85.0 Å². The fourth-order valence-corrected chi connectivity index (χ4v) is 6.39. The molecule has 0 amide bonds. The van der Waals surface area contributed by atoms with Crippen molar-refractivity contribution in [1.29, 1.82) is 0 Å². The van der Waals surface area contributed by atoms with E-state index in [0.717, 1.165) is 6.26 Å². The molecule has 19 atom stereocenters. The Labute approximate surface area is 266 Å². The first kappa shape index (κ1) is 36.8. The van der Waals surface area contributed by atoms with Crippen molar-refractivity contribution in [3.05, 3.63) is 24.0 Å². The van der Waals surface area contributed by atoms with Gasteiger partial charge in [-0.25, -0.2) is 0 Å². The summed E-state index contributed by atoms with van der Waals surface area (Å²) in [6.45, 7) is -3.11. The van der Waals surface area contributed by atoms with Gasteiger partial charge in [-0.3, -0.25) is 0 Å². The zero-order valence-corrected chi connectivity index (χ0v) is 24.6. The number of aliphatic hydroxyl groups is 13. The number of rotatable bonds is 10. The molecule has 1 aliphatic carbocycles. The molecule has 20 heteroatoms. The Morgan fingerprint density at radius 2 is 1.06 bits per heavy atom. The van der Waals surface area contributed by atoms with E-state index in [2.05, 4.69) is 0 Å². The summed E-state index contributed by atoms with van der Waals surface area (Å²) >= 11 is 0. The second-order valence-electron chi connectivity index (χ2n) is 11.9. The van der Waals surface area contributed by atoms with E-state index in [1.54, 1.807) is 0 Å². The first-order chi connectivity index (χ1) is 22.3. The predicted octanol–water partition coefficient (Wildman–Crippen LogP) is -8.04. The normalized spacial score (nSPS) is 51.7. The molecule has 3 fully saturated rings. The molecule has 13 N–H and O–H groups in total. The Kier molecular flexibility index (Phi) is 11.6. The third kappa shape index (κ3) is 6.59. The Bertz CT molecular complexity index is 1110. The quantitative estimate of drug-likeness (QED) is 0.0949. The largest absolute Gasteiger partial charge is 0.472 e. The van der Waals surface area contributed by atoms with E-state index in [4.69, 9.17) is 33.2 Å². The molecule has 47 heavy (non-hydrogen) atoms. The van der Waals surface area contributed by atoms with Gasteiger partial charge < -0.3 is 99.5 Å². The molecular weight excluding hydrogens is 644 g/mol. The van der Waals surface area contributed by atoms with Crippen molar-refractivity contribution < 1.29 is 99.5 Å². The van der Waals surface area contributed by atoms with Gasteiger partial charge in [-0.1, -0.05) is 6.08 Å². The van der Waals surface area contributed by atoms with Crippen molar-refractivity contribution in [3.63, 3.8) is 0 Å². The third-order valence-corrected chi connectivity index (χ3v) is 9.12. The smallest absolute Gasteiger partial charge is 0.211 e. The van der Waals surface area contributed by atoms with Crippen LogP contribution in [0.25, 0.3) is 0 Å². The fourth-order valence-electron chi connectivity index (χ4n) is 6.39. The average Bonchev–Trinajstić information content (AvgIpc) is 3.35. The molecule has 0 aromatic carbocycles. The minimum absolute atomic E-state index is 0.0675. The van der Waals surface area contributed by atoms with E-state index in [0.29, 0.717) is 0 Å². The second kappa shape index (κ2) is 14.8. The number of hydrogen-bond acceptors (Lipinski definition) is 20. The Morgan fingerprint density at radius 1 is 0.574 bits per heavy atom. The highest BCUT2D eigenvalue weighted by Crippen LogP contribution is 2.48. The summed E-state index contributed by atoms with van der Waals surface area (Å²) in [7, 11) is 0. The maximum atomic E-state index is 11.3. The van der Waals surface area contributed by atoms with Gasteiger partial charge in [0.25, 0.3) is 0 Å². The summed E-state index contributed by atoms with van der Waals surface area (Å²) in [5.41, 5.74) is -1.95. The van der Waals surface area contributed by atoms with Crippen LogP contribution >= 0.6 is 0 Å². The van der Waals surface area contributed by atoms with E-state index in [-0.39, 0.29) is 5.57 Å². The van der Waals surface area contributed by atoms with E-state index in [9.17, 15) is 66.4 Å².